The Bertz CT molecular complexity index is 1670. The van der Waals surface area contributed by atoms with Gasteiger partial charge in [-0.25, -0.2) is 4.39 Å². The summed E-state index contributed by atoms with van der Waals surface area (Å²) in [6.07, 6.45) is 3.11. The lowest BCUT2D eigenvalue weighted by Crippen LogP contribution is -2.51. The van der Waals surface area contributed by atoms with E-state index >= 15 is 4.39 Å². The molecule has 2 aliphatic heterocycles. The first-order chi connectivity index (χ1) is 23.4. The fraction of sp³-hybridized carbons (Fsp3) is 0.333. The van der Waals surface area contributed by atoms with Crippen LogP contribution in [0.15, 0.2) is 66.2 Å². The number of carbonyl (C=O) groups is 3. The molecule has 0 aliphatic carbocycles. The van der Waals surface area contributed by atoms with E-state index in [1.54, 1.807) is 19.4 Å². The van der Waals surface area contributed by atoms with E-state index in [9.17, 15) is 14.4 Å². The van der Waals surface area contributed by atoms with Gasteiger partial charge in [0.2, 0.25) is 0 Å². The van der Waals surface area contributed by atoms with E-state index in [0.717, 1.165) is 11.1 Å². The topological polar surface area (TPSA) is 137 Å². The van der Waals surface area contributed by atoms with Gasteiger partial charge < -0.3 is 34.9 Å². The molecular weight excluding hydrogens is 655 g/mol. The molecule has 2 atom stereocenters. The van der Waals surface area contributed by atoms with Crippen LogP contribution in [-0.4, -0.2) is 95.7 Å². The molecule has 0 unspecified atom stereocenters. The fourth-order valence-electron chi connectivity index (χ4n) is 5.39. The summed E-state index contributed by atoms with van der Waals surface area (Å²) in [5.74, 6) is -1.89. The summed E-state index contributed by atoms with van der Waals surface area (Å²) in [7, 11) is 1.59. The number of rotatable bonds is 17. The third kappa shape index (κ3) is 9.58. The third-order valence-electron chi connectivity index (χ3n) is 8.02. The molecule has 11 nitrogen and oxygen atoms in total. The van der Waals surface area contributed by atoms with Crippen LogP contribution in [0.5, 0.6) is 5.75 Å². The van der Waals surface area contributed by atoms with E-state index in [4.69, 9.17) is 18.9 Å². The minimum absolute atomic E-state index is 0. The Kier molecular flexibility index (Phi) is 14.0. The SMILES string of the molecule is C=Cc1ccc(OCCOCCOCCOC)c(C(=O)c2ccc(C(=O)N[C@@H]3CNC[C@@H]3NC(=O)c3ccc4c(c3)CN=C4)cc2)c1F.Cl. The Morgan fingerprint density at radius 2 is 1.49 bits per heavy atom. The van der Waals surface area contributed by atoms with Crippen molar-refractivity contribution in [3.8, 4) is 5.75 Å². The summed E-state index contributed by atoms with van der Waals surface area (Å²) in [6, 6.07) is 13.7. The van der Waals surface area contributed by atoms with E-state index in [0.29, 0.717) is 57.2 Å². The van der Waals surface area contributed by atoms with Gasteiger partial charge in [-0.1, -0.05) is 30.9 Å². The molecule has 1 saturated heterocycles. The van der Waals surface area contributed by atoms with Crippen LogP contribution < -0.4 is 20.7 Å². The molecule has 13 heteroatoms. The largest absolute Gasteiger partial charge is 0.490 e. The average Bonchev–Trinajstić information content (AvgIpc) is 3.76. The van der Waals surface area contributed by atoms with Crippen molar-refractivity contribution in [3.05, 3.63) is 106 Å². The predicted octanol–water partition coefficient (Wildman–Crippen LogP) is 3.61. The number of fused-ring (bicyclic) bond motifs is 1. The van der Waals surface area contributed by atoms with Gasteiger partial charge in [0.15, 0.2) is 5.78 Å². The van der Waals surface area contributed by atoms with Crippen molar-refractivity contribution in [1.29, 1.82) is 0 Å². The first kappa shape index (κ1) is 37.4. The quantitative estimate of drug-likeness (QED) is 0.144. The molecule has 2 heterocycles. The van der Waals surface area contributed by atoms with Crippen LogP contribution in [-0.2, 0) is 20.8 Å². The minimum Gasteiger partial charge on any atom is -0.490 e. The number of aliphatic imine (C=N–C) groups is 1. The summed E-state index contributed by atoms with van der Waals surface area (Å²) in [4.78, 5) is 43.9. The molecule has 3 aromatic carbocycles. The van der Waals surface area contributed by atoms with Gasteiger partial charge in [-0.2, -0.15) is 0 Å². The first-order valence-corrected chi connectivity index (χ1v) is 15.7. The summed E-state index contributed by atoms with van der Waals surface area (Å²) in [6.45, 7) is 7.15. The van der Waals surface area contributed by atoms with Gasteiger partial charge in [0.1, 0.15) is 23.7 Å². The van der Waals surface area contributed by atoms with Gasteiger partial charge in [0.05, 0.1) is 51.7 Å². The number of nitrogens with zero attached hydrogens (tertiary/aromatic N) is 1. The van der Waals surface area contributed by atoms with Crippen LogP contribution in [0.2, 0.25) is 0 Å². The van der Waals surface area contributed by atoms with Crippen LogP contribution in [0.25, 0.3) is 6.08 Å². The van der Waals surface area contributed by atoms with Crippen molar-refractivity contribution in [1.82, 2.24) is 16.0 Å². The van der Waals surface area contributed by atoms with E-state index < -0.39 is 11.6 Å². The van der Waals surface area contributed by atoms with Crippen LogP contribution >= 0.6 is 12.4 Å². The number of ketones is 1. The number of halogens is 2. The summed E-state index contributed by atoms with van der Waals surface area (Å²) >= 11 is 0. The zero-order chi connectivity index (χ0) is 33.9. The molecule has 3 aromatic rings. The molecule has 49 heavy (non-hydrogen) atoms. The molecule has 0 radical (unpaired) electrons. The third-order valence-corrected chi connectivity index (χ3v) is 8.02. The molecule has 3 N–H and O–H groups in total. The second kappa shape index (κ2) is 18.3. The lowest BCUT2D eigenvalue weighted by molar-refractivity contribution is 0.0179. The number of carbonyl (C=O) groups excluding carboxylic acids is 3. The van der Waals surface area contributed by atoms with Gasteiger partial charge in [-0.15, -0.1) is 12.4 Å². The maximum absolute atomic E-state index is 15.4. The van der Waals surface area contributed by atoms with Gasteiger partial charge in [-0.05, 0) is 47.5 Å². The minimum atomic E-state index is -0.753. The van der Waals surface area contributed by atoms with E-state index in [1.165, 1.54) is 42.5 Å². The highest BCUT2D eigenvalue weighted by Gasteiger charge is 2.30. The fourth-order valence-corrected chi connectivity index (χ4v) is 5.39. The highest BCUT2D eigenvalue weighted by Crippen LogP contribution is 2.28. The molecule has 2 aliphatic rings. The number of ether oxygens (including phenoxy) is 4. The number of hydrogen-bond acceptors (Lipinski definition) is 9. The Morgan fingerprint density at radius 1 is 0.878 bits per heavy atom. The molecule has 0 saturated carbocycles. The van der Waals surface area contributed by atoms with E-state index in [2.05, 4.69) is 27.5 Å². The van der Waals surface area contributed by atoms with Crippen molar-refractivity contribution in [2.24, 2.45) is 4.99 Å². The molecule has 5 rings (SSSR count). The Balaban J connectivity index is 0.00000541. The zero-order valence-electron chi connectivity index (χ0n) is 27.2. The highest BCUT2D eigenvalue weighted by atomic mass is 35.5. The lowest BCUT2D eigenvalue weighted by Gasteiger charge is -2.21. The van der Waals surface area contributed by atoms with E-state index in [-0.39, 0.29) is 72.0 Å². The molecule has 1 fully saturated rings. The number of methoxy groups -OCH3 is 1. The van der Waals surface area contributed by atoms with Gasteiger partial charge in [0, 0.05) is 48.7 Å². The van der Waals surface area contributed by atoms with Crippen LogP contribution in [0.4, 0.5) is 4.39 Å². The standard InChI is InChI=1S/C36H39FN4O7.ClH/c1-3-23-10-11-31(48-17-16-47-15-14-46-13-12-45-2)32(33(23)37)34(42)24-4-6-25(7-5-24)35(43)40-29-21-39-22-30(29)41-36(44)26-8-9-27-19-38-20-28(27)18-26;/h3-11,18-19,29-30,39H,1,12-17,20-22H2,2H3,(H,40,43)(H,41,44);1H/t29-,30+;/m1./s1. The van der Waals surface area contributed by atoms with Crippen molar-refractivity contribution in [2.75, 3.05) is 59.8 Å². The number of amides is 2. The first-order valence-electron chi connectivity index (χ1n) is 15.7. The monoisotopic (exact) mass is 694 g/mol. The molecule has 0 spiro atoms. The molecule has 2 amide bonds. The second-order valence-corrected chi connectivity index (χ2v) is 11.2. The maximum Gasteiger partial charge on any atom is 0.251 e. The van der Waals surface area contributed by atoms with Crippen molar-refractivity contribution < 1.29 is 37.7 Å². The van der Waals surface area contributed by atoms with Crippen LogP contribution in [0, 0.1) is 5.82 Å². The highest BCUT2D eigenvalue weighted by molar-refractivity contribution is 6.11. The Hall–Kier alpha value is -4.46. The maximum atomic E-state index is 15.4. The summed E-state index contributed by atoms with van der Waals surface area (Å²) in [5, 5.41) is 9.19. The number of hydrogen-bond donors (Lipinski definition) is 3. The van der Waals surface area contributed by atoms with Gasteiger partial charge in [0.25, 0.3) is 11.8 Å². The van der Waals surface area contributed by atoms with Crippen molar-refractivity contribution >= 4 is 42.3 Å². The molecule has 0 aromatic heterocycles. The second-order valence-electron chi connectivity index (χ2n) is 11.2. The van der Waals surface area contributed by atoms with Crippen LogP contribution in [0.1, 0.15) is 53.3 Å². The van der Waals surface area contributed by atoms with Gasteiger partial charge >= 0.3 is 0 Å². The summed E-state index contributed by atoms with van der Waals surface area (Å²) in [5.41, 5.74) is 2.94. The molecule has 260 valence electrons. The zero-order valence-corrected chi connectivity index (χ0v) is 28.0. The Labute approximate surface area is 290 Å². The summed E-state index contributed by atoms with van der Waals surface area (Å²) < 4.78 is 36.9. The number of benzene rings is 3. The molecule has 0 bridgehead atoms. The number of nitrogens with one attached hydrogen (secondary N) is 3. The predicted molar refractivity (Wildman–Crippen MR) is 186 cm³/mol. The normalized spacial score (nSPS) is 16.0. The molecular formula is C36H40ClFN4O7. The Morgan fingerprint density at radius 3 is 2.16 bits per heavy atom. The van der Waals surface area contributed by atoms with Gasteiger partial charge in [-0.3, -0.25) is 19.4 Å². The van der Waals surface area contributed by atoms with Crippen LogP contribution in [0.3, 0.4) is 0 Å². The lowest BCUT2D eigenvalue weighted by atomic mass is 9.98. The smallest absolute Gasteiger partial charge is 0.251 e. The van der Waals surface area contributed by atoms with E-state index in [1.807, 2.05) is 12.1 Å². The van der Waals surface area contributed by atoms with Crippen molar-refractivity contribution in [2.45, 2.75) is 18.6 Å². The average molecular weight is 695 g/mol. The van der Waals surface area contributed by atoms with Crippen molar-refractivity contribution in [3.63, 3.8) is 0 Å².